The van der Waals surface area contributed by atoms with E-state index in [1.165, 1.54) is 31.2 Å². The van der Waals surface area contributed by atoms with Gasteiger partial charge in [0.05, 0.1) is 6.61 Å². The molecule has 0 radical (unpaired) electrons. The zero-order valence-electron chi connectivity index (χ0n) is 10.2. The second kappa shape index (κ2) is 6.58. The molecule has 2 amide bonds. The molecule has 0 fully saturated rings. The lowest BCUT2D eigenvalue weighted by atomic mass is 10.3. The molecular formula is C12H15FN2O3. The van der Waals surface area contributed by atoms with E-state index in [1.807, 2.05) is 0 Å². The molecule has 1 unspecified atom stereocenters. The van der Waals surface area contributed by atoms with Crippen molar-refractivity contribution in [2.45, 2.75) is 19.9 Å². The van der Waals surface area contributed by atoms with Crippen molar-refractivity contribution in [2.75, 3.05) is 11.9 Å². The number of urea groups is 1. The van der Waals surface area contributed by atoms with E-state index in [1.54, 1.807) is 6.92 Å². The summed E-state index contributed by atoms with van der Waals surface area (Å²) in [7, 11) is 0. The standard InChI is InChI=1S/C12H15FN2O3/c1-3-18-11(16)8(2)14-12(17)15-10-6-4-9(13)5-7-10/h4-8H,3H2,1-2H3,(H2,14,15,17). The van der Waals surface area contributed by atoms with Gasteiger partial charge in [0, 0.05) is 5.69 Å². The monoisotopic (exact) mass is 254 g/mol. The lowest BCUT2D eigenvalue weighted by Gasteiger charge is -2.13. The lowest BCUT2D eigenvalue weighted by Crippen LogP contribution is -2.41. The molecule has 1 aromatic rings. The highest BCUT2D eigenvalue weighted by Crippen LogP contribution is 2.07. The summed E-state index contributed by atoms with van der Waals surface area (Å²) < 4.78 is 17.4. The Morgan fingerprint density at radius 2 is 1.94 bits per heavy atom. The number of anilines is 1. The van der Waals surface area contributed by atoms with Crippen LogP contribution in [0.15, 0.2) is 24.3 Å². The molecule has 0 aliphatic carbocycles. The number of ether oxygens (including phenoxy) is 1. The lowest BCUT2D eigenvalue weighted by molar-refractivity contribution is -0.144. The largest absolute Gasteiger partial charge is 0.464 e. The molecule has 1 aromatic carbocycles. The van der Waals surface area contributed by atoms with E-state index >= 15 is 0 Å². The number of hydrogen-bond donors (Lipinski definition) is 2. The summed E-state index contributed by atoms with van der Waals surface area (Å²) in [6.07, 6.45) is 0. The van der Waals surface area contributed by atoms with Crippen molar-refractivity contribution in [1.82, 2.24) is 5.32 Å². The van der Waals surface area contributed by atoms with Crippen molar-refractivity contribution in [2.24, 2.45) is 0 Å². The molecule has 0 aromatic heterocycles. The van der Waals surface area contributed by atoms with Crippen LogP contribution in [-0.4, -0.2) is 24.6 Å². The number of halogens is 1. The molecule has 0 aliphatic heterocycles. The molecule has 1 atom stereocenters. The minimum absolute atomic E-state index is 0.254. The van der Waals surface area contributed by atoms with Crippen molar-refractivity contribution >= 4 is 17.7 Å². The highest BCUT2D eigenvalue weighted by molar-refractivity contribution is 5.92. The number of hydrogen-bond acceptors (Lipinski definition) is 3. The Bertz CT molecular complexity index is 420. The molecule has 0 saturated carbocycles. The van der Waals surface area contributed by atoms with Crippen LogP contribution >= 0.6 is 0 Å². The smallest absolute Gasteiger partial charge is 0.328 e. The summed E-state index contributed by atoms with van der Waals surface area (Å²) in [5, 5.41) is 4.88. The topological polar surface area (TPSA) is 67.4 Å². The number of benzene rings is 1. The van der Waals surface area contributed by atoms with Gasteiger partial charge in [-0.15, -0.1) is 0 Å². The van der Waals surface area contributed by atoms with Crippen molar-refractivity contribution in [3.8, 4) is 0 Å². The molecule has 6 heteroatoms. The maximum absolute atomic E-state index is 12.6. The van der Waals surface area contributed by atoms with Crippen LogP contribution < -0.4 is 10.6 Å². The van der Waals surface area contributed by atoms with Gasteiger partial charge in [-0.2, -0.15) is 0 Å². The van der Waals surface area contributed by atoms with E-state index in [4.69, 9.17) is 4.74 Å². The number of esters is 1. The second-order valence-corrected chi connectivity index (χ2v) is 3.58. The van der Waals surface area contributed by atoms with Crippen molar-refractivity contribution in [3.63, 3.8) is 0 Å². The molecule has 1 rings (SSSR count). The Kier molecular flexibility index (Phi) is 5.10. The summed E-state index contributed by atoms with van der Waals surface area (Å²) in [6.45, 7) is 3.45. The van der Waals surface area contributed by atoms with Crippen molar-refractivity contribution < 1.29 is 18.7 Å². The van der Waals surface area contributed by atoms with E-state index in [-0.39, 0.29) is 12.4 Å². The van der Waals surface area contributed by atoms with Crippen LogP contribution in [0.5, 0.6) is 0 Å². The third-order valence-corrected chi connectivity index (χ3v) is 2.09. The fourth-order valence-corrected chi connectivity index (χ4v) is 1.22. The Morgan fingerprint density at radius 3 is 2.50 bits per heavy atom. The van der Waals surface area contributed by atoms with Crippen LogP contribution in [0.3, 0.4) is 0 Å². The number of rotatable bonds is 4. The molecule has 5 nitrogen and oxygen atoms in total. The maximum atomic E-state index is 12.6. The van der Waals surface area contributed by atoms with Gasteiger partial charge in [0.2, 0.25) is 0 Å². The fraction of sp³-hybridized carbons (Fsp3) is 0.333. The van der Waals surface area contributed by atoms with Gasteiger partial charge in [0.25, 0.3) is 0 Å². The summed E-state index contributed by atoms with van der Waals surface area (Å²) in [6, 6.07) is 4.00. The van der Waals surface area contributed by atoms with Gasteiger partial charge in [-0.25, -0.2) is 14.0 Å². The normalized spacial score (nSPS) is 11.5. The Hall–Kier alpha value is -2.11. The minimum atomic E-state index is -0.745. The third kappa shape index (κ3) is 4.40. The summed E-state index contributed by atoms with van der Waals surface area (Å²) in [5.74, 6) is -0.896. The van der Waals surface area contributed by atoms with Crippen LogP contribution in [-0.2, 0) is 9.53 Å². The van der Waals surface area contributed by atoms with Crippen LogP contribution in [0.1, 0.15) is 13.8 Å². The summed E-state index contributed by atoms with van der Waals surface area (Å²) in [5.41, 5.74) is 0.435. The van der Waals surface area contributed by atoms with E-state index in [9.17, 15) is 14.0 Å². The Labute approximate surface area is 104 Å². The maximum Gasteiger partial charge on any atom is 0.328 e. The molecule has 0 heterocycles. The van der Waals surface area contributed by atoms with Crippen LogP contribution in [0, 0.1) is 5.82 Å². The number of amides is 2. The molecule has 18 heavy (non-hydrogen) atoms. The first-order chi connectivity index (χ1) is 8.52. The number of carbonyl (C=O) groups excluding carboxylic acids is 2. The summed E-state index contributed by atoms with van der Waals surface area (Å²) in [4.78, 5) is 22.8. The zero-order chi connectivity index (χ0) is 13.5. The number of nitrogens with one attached hydrogen (secondary N) is 2. The van der Waals surface area contributed by atoms with Gasteiger partial charge in [0.15, 0.2) is 0 Å². The fourth-order valence-electron chi connectivity index (χ4n) is 1.22. The number of carbonyl (C=O) groups is 2. The highest BCUT2D eigenvalue weighted by Gasteiger charge is 2.16. The van der Waals surface area contributed by atoms with Crippen LogP contribution in [0.4, 0.5) is 14.9 Å². The molecule has 2 N–H and O–H groups in total. The first-order valence-corrected chi connectivity index (χ1v) is 5.52. The molecule has 0 bridgehead atoms. The minimum Gasteiger partial charge on any atom is -0.464 e. The van der Waals surface area contributed by atoms with Gasteiger partial charge in [-0.05, 0) is 38.1 Å². The van der Waals surface area contributed by atoms with E-state index in [0.29, 0.717) is 5.69 Å². The van der Waals surface area contributed by atoms with Gasteiger partial charge in [-0.3, -0.25) is 0 Å². The predicted molar refractivity (Wildman–Crippen MR) is 64.6 cm³/mol. The molecule has 0 spiro atoms. The van der Waals surface area contributed by atoms with Gasteiger partial charge in [-0.1, -0.05) is 0 Å². The van der Waals surface area contributed by atoms with Crippen LogP contribution in [0.25, 0.3) is 0 Å². The summed E-state index contributed by atoms with van der Waals surface area (Å²) >= 11 is 0. The predicted octanol–water partition coefficient (Wildman–Crippen LogP) is 1.90. The molecule has 98 valence electrons. The Morgan fingerprint density at radius 1 is 1.33 bits per heavy atom. The molecule has 0 saturated heterocycles. The van der Waals surface area contributed by atoms with E-state index in [2.05, 4.69) is 10.6 Å². The molecule has 0 aliphatic rings. The zero-order valence-corrected chi connectivity index (χ0v) is 10.2. The van der Waals surface area contributed by atoms with Gasteiger partial charge >= 0.3 is 12.0 Å². The first-order valence-electron chi connectivity index (χ1n) is 5.52. The molecular weight excluding hydrogens is 239 g/mol. The second-order valence-electron chi connectivity index (χ2n) is 3.58. The highest BCUT2D eigenvalue weighted by atomic mass is 19.1. The SMILES string of the molecule is CCOC(=O)C(C)NC(=O)Nc1ccc(F)cc1. The van der Waals surface area contributed by atoms with Gasteiger partial charge < -0.3 is 15.4 Å². The van der Waals surface area contributed by atoms with Crippen molar-refractivity contribution in [1.29, 1.82) is 0 Å². The van der Waals surface area contributed by atoms with Gasteiger partial charge in [0.1, 0.15) is 11.9 Å². The van der Waals surface area contributed by atoms with Crippen molar-refractivity contribution in [3.05, 3.63) is 30.1 Å². The average Bonchev–Trinajstić information content (AvgIpc) is 2.32. The average molecular weight is 254 g/mol. The third-order valence-electron chi connectivity index (χ3n) is 2.09. The quantitative estimate of drug-likeness (QED) is 0.806. The van der Waals surface area contributed by atoms with E-state index in [0.717, 1.165) is 0 Å². The first kappa shape index (κ1) is 14.0. The van der Waals surface area contributed by atoms with E-state index < -0.39 is 18.0 Å². The van der Waals surface area contributed by atoms with Crippen LogP contribution in [0.2, 0.25) is 0 Å². The Balaban J connectivity index is 2.46.